The predicted molar refractivity (Wildman–Crippen MR) is 79.9 cm³/mol. The zero-order chi connectivity index (χ0) is 17.0. The van der Waals surface area contributed by atoms with E-state index < -0.39 is 23.4 Å². The lowest BCUT2D eigenvalue weighted by atomic mass is 10.1. The van der Waals surface area contributed by atoms with Crippen LogP contribution in [0.4, 0.5) is 24.5 Å². The van der Waals surface area contributed by atoms with Crippen molar-refractivity contribution in [3.8, 4) is 0 Å². The lowest BCUT2D eigenvalue weighted by molar-refractivity contribution is -0.114. The molecule has 0 radical (unpaired) electrons. The van der Waals surface area contributed by atoms with Gasteiger partial charge in [-0.1, -0.05) is 12.1 Å². The quantitative estimate of drug-likeness (QED) is 0.655. The van der Waals surface area contributed by atoms with E-state index in [1.54, 1.807) is 24.3 Å². The molecule has 0 heterocycles. The van der Waals surface area contributed by atoms with E-state index in [4.69, 9.17) is 0 Å². The van der Waals surface area contributed by atoms with Crippen LogP contribution in [-0.4, -0.2) is 18.2 Å². The Bertz CT molecular complexity index is 763. The molecular weight excluding hydrogens is 309 g/mol. The molecule has 0 aromatic heterocycles. The molecule has 7 heteroatoms. The predicted octanol–water partition coefficient (Wildman–Crippen LogP) is 3.36. The molecule has 0 saturated heterocycles. The highest BCUT2D eigenvalue weighted by Crippen LogP contribution is 2.19. The Kier molecular flexibility index (Phi) is 5.00. The van der Waals surface area contributed by atoms with Gasteiger partial charge >= 0.3 is 0 Å². The maximum Gasteiger partial charge on any atom is 0.243 e. The Morgan fingerprint density at radius 2 is 1.65 bits per heavy atom. The first kappa shape index (κ1) is 16.5. The number of hydrogen-bond donors (Lipinski definition) is 2. The SMILES string of the molecule is CC(=O)c1ccccc1NC(=O)CNc1ccc(F)c(F)c1F. The highest BCUT2D eigenvalue weighted by Gasteiger charge is 2.14. The van der Waals surface area contributed by atoms with Gasteiger partial charge in [0.05, 0.1) is 17.9 Å². The van der Waals surface area contributed by atoms with Gasteiger partial charge < -0.3 is 10.6 Å². The van der Waals surface area contributed by atoms with Gasteiger partial charge in [-0.3, -0.25) is 9.59 Å². The molecule has 2 aromatic rings. The Balaban J connectivity index is 2.04. The van der Waals surface area contributed by atoms with Crippen molar-refractivity contribution in [3.63, 3.8) is 0 Å². The van der Waals surface area contributed by atoms with E-state index in [0.29, 0.717) is 11.3 Å². The Morgan fingerprint density at radius 1 is 0.957 bits per heavy atom. The fourth-order valence-electron chi connectivity index (χ4n) is 1.93. The molecule has 0 aliphatic rings. The minimum atomic E-state index is -1.61. The van der Waals surface area contributed by atoms with Crippen molar-refractivity contribution in [3.05, 3.63) is 59.4 Å². The van der Waals surface area contributed by atoms with Gasteiger partial charge in [0, 0.05) is 5.56 Å². The molecule has 0 bridgehead atoms. The lowest BCUT2D eigenvalue weighted by Gasteiger charge is -2.11. The summed E-state index contributed by atoms with van der Waals surface area (Å²) < 4.78 is 39.3. The summed E-state index contributed by atoms with van der Waals surface area (Å²) in [5.41, 5.74) is 0.316. The average Bonchev–Trinajstić information content (AvgIpc) is 2.52. The molecule has 23 heavy (non-hydrogen) atoms. The summed E-state index contributed by atoms with van der Waals surface area (Å²) in [5.74, 6) is -5.12. The average molecular weight is 322 g/mol. The van der Waals surface area contributed by atoms with Crippen molar-refractivity contribution in [2.24, 2.45) is 0 Å². The molecule has 0 saturated carbocycles. The second-order valence-electron chi connectivity index (χ2n) is 4.73. The first-order chi connectivity index (χ1) is 10.9. The molecule has 2 rings (SSSR count). The van der Waals surface area contributed by atoms with Gasteiger partial charge in [-0.05, 0) is 31.2 Å². The van der Waals surface area contributed by atoms with E-state index in [-0.39, 0.29) is 18.0 Å². The highest BCUT2D eigenvalue weighted by molar-refractivity contribution is 6.04. The smallest absolute Gasteiger partial charge is 0.243 e. The number of benzene rings is 2. The van der Waals surface area contributed by atoms with Crippen LogP contribution in [0.3, 0.4) is 0 Å². The van der Waals surface area contributed by atoms with Crippen LogP contribution in [0.2, 0.25) is 0 Å². The number of halogens is 3. The summed E-state index contributed by atoms with van der Waals surface area (Å²) in [4.78, 5) is 23.3. The second kappa shape index (κ2) is 6.95. The Hall–Kier alpha value is -2.83. The number of anilines is 2. The van der Waals surface area contributed by atoms with Crippen molar-refractivity contribution in [1.82, 2.24) is 0 Å². The summed E-state index contributed by atoms with van der Waals surface area (Å²) in [7, 11) is 0. The third-order valence-corrected chi connectivity index (χ3v) is 3.06. The highest BCUT2D eigenvalue weighted by atomic mass is 19.2. The summed E-state index contributed by atoms with van der Waals surface area (Å²) in [6.07, 6.45) is 0. The van der Waals surface area contributed by atoms with E-state index in [1.807, 2.05) is 0 Å². The van der Waals surface area contributed by atoms with Gasteiger partial charge in [0.15, 0.2) is 23.2 Å². The molecule has 0 unspecified atom stereocenters. The maximum atomic E-state index is 13.5. The van der Waals surface area contributed by atoms with Crippen LogP contribution in [-0.2, 0) is 4.79 Å². The van der Waals surface area contributed by atoms with E-state index >= 15 is 0 Å². The van der Waals surface area contributed by atoms with Crippen LogP contribution in [0.1, 0.15) is 17.3 Å². The van der Waals surface area contributed by atoms with Crippen LogP contribution < -0.4 is 10.6 Å². The van der Waals surface area contributed by atoms with Crippen molar-refractivity contribution >= 4 is 23.1 Å². The van der Waals surface area contributed by atoms with Gasteiger partial charge in [-0.15, -0.1) is 0 Å². The normalized spacial score (nSPS) is 10.3. The minimum Gasteiger partial charge on any atom is -0.374 e. The molecule has 0 fully saturated rings. The van der Waals surface area contributed by atoms with Gasteiger partial charge in [0.25, 0.3) is 0 Å². The zero-order valence-electron chi connectivity index (χ0n) is 12.1. The number of nitrogens with one attached hydrogen (secondary N) is 2. The van der Waals surface area contributed by atoms with Crippen molar-refractivity contribution in [2.75, 3.05) is 17.2 Å². The molecule has 1 amide bonds. The Morgan fingerprint density at radius 3 is 2.35 bits per heavy atom. The Labute approximate surface area is 130 Å². The van der Waals surface area contributed by atoms with E-state index in [2.05, 4.69) is 10.6 Å². The number of carbonyl (C=O) groups excluding carboxylic acids is 2. The molecule has 2 N–H and O–H groups in total. The number of ketones is 1. The topological polar surface area (TPSA) is 58.2 Å². The molecule has 0 aliphatic carbocycles. The number of para-hydroxylation sites is 1. The van der Waals surface area contributed by atoms with Crippen LogP contribution >= 0.6 is 0 Å². The zero-order valence-corrected chi connectivity index (χ0v) is 12.1. The second-order valence-corrected chi connectivity index (χ2v) is 4.73. The molecular formula is C16H13F3N2O2. The fourth-order valence-corrected chi connectivity index (χ4v) is 1.93. The van der Waals surface area contributed by atoms with Gasteiger partial charge in [-0.2, -0.15) is 0 Å². The fraction of sp³-hybridized carbons (Fsp3) is 0.125. The molecule has 2 aromatic carbocycles. The van der Waals surface area contributed by atoms with E-state index in [0.717, 1.165) is 12.1 Å². The van der Waals surface area contributed by atoms with Crippen LogP contribution in [0, 0.1) is 17.5 Å². The number of rotatable bonds is 5. The van der Waals surface area contributed by atoms with E-state index in [1.165, 1.54) is 6.92 Å². The number of Topliss-reactive ketones (excluding diaryl/α,β-unsaturated/α-hetero) is 1. The first-order valence-electron chi connectivity index (χ1n) is 6.67. The lowest BCUT2D eigenvalue weighted by Crippen LogP contribution is -2.23. The van der Waals surface area contributed by atoms with Crippen molar-refractivity contribution in [2.45, 2.75) is 6.92 Å². The maximum absolute atomic E-state index is 13.5. The van der Waals surface area contributed by atoms with Gasteiger partial charge in [0.1, 0.15) is 0 Å². The molecule has 0 atom stereocenters. The summed E-state index contributed by atoms with van der Waals surface area (Å²) in [6.45, 7) is 0.980. The number of hydrogen-bond acceptors (Lipinski definition) is 3. The largest absolute Gasteiger partial charge is 0.374 e. The van der Waals surface area contributed by atoms with Crippen molar-refractivity contribution < 1.29 is 22.8 Å². The standard InChI is InChI=1S/C16H13F3N2O2/c1-9(22)10-4-2-3-5-12(10)21-14(23)8-20-13-7-6-11(17)15(18)16(13)19/h2-7,20H,8H2,1H3,(H,21,23). The number of amides is 1. The molecule has 0 aliphatic heterocycles. The van der Waals surface area contributed by atoms with Crippen LogP contribution in [0.15, 0.2) is 36.4 Å². The van der Waals surface area contributed by atoms with Crippen molar-refractivity contribution in [1.29, 1.82) is 0 Å². The first-order valence-corrected chi connectivity index (χ1v) is 6.67. The summed E-state index contributed by atoms with van der Waals surface area (Å²) >= 11 is 0. The minimum absolute atomic E-state index is 0.222. The van der Waals surface area contributed by atoms with Crippen LogP contribution in [0.25, 0.3) is 0 Å². The molecule has 4 nitrogen and oxygen atoms in total. The summed E-state index contributed by atoms with van der Waals surface area (Å²) in [5, 5.41) is 4.87. The molecule has 120 valence electrons. The van der Waals surface area contributed by atoms with E-state index in [9.17, 15) is 22.8 Å². The van der Waals surface area contributed by atoms with Gasteiger partial charge in [-0.25, -0.2) is 13.2 Å². The summed E-state index contributed by atoms with van der Waals surface area (Å²) in [6, 6.07) is 8.15. The third kappa shape index (κ3) is 3.88. The van der Waals surface area contributed by atoms with Crippen LogP contribution in [0.5, 0.6) is 0 Å². The molecule has 0 spiro atoms. The van der Waals surface area contributed by atoms with Gasteiger partial charge in [0.2, 0.25) is 5.91 Å². The number of carbonyl (C=O) groups is 2. The monoisotopic (exact) mass is 322 g/mol. The third-order valence-electron chi connectivity index (χ3n) is 3.06.